The Labute approximate surface area is 248 Å². The zero-order chi connectivity index (χ0) is 28.2. The van der Waals surface area contributed by atoms with Crippen molar-refractivity contribution in [2.75, 3.05) is 17.1 Å². The summed E-state index contributed by atoms with van der Waals surface area (Å²) in [4.78, 5) is 28.2. The number of nitrogens with zero attached hydrogens (tertiary/aromatic N) is 2. The van der Waals surface area contributed by atoms with Crippen molar-refractivity contribution in [2.24, 2.45) is 0 Å². The molecule has 1 aliphatic rings. The topological polar surface area (TPSA) is 86.8 Å². The molecular weight excluding hydrogens is 616 g/mol. The molecule has 0 bridgehead atoms. The minimum absolute atomic E-state index is 0.00301. The van der Waals surface area contributed by atoms with Gasteiger partial charge in [0.25, 0.3) is 0 Å². The third-order valence-corrected chi connectivity index (χ3v) is 9.28. The fraction of sp³-hybridized carbons (Fsp3) is 0.440. The number of anilines is 1. The number of carbonyl (C=O) groups excluding carboxylic acids is 2. The number of amides is 2. The molecule has 1 atom stereocenters. The molecule has 0 aliphatic heterocycles. The number of hydrogen-bond acceptors (Lipinski definition) is 4. The highest BCUT2D eigenvalue weighted by Gasteiger charge is 2.32. The molecule has 0 saturated heterocycles. The minimum Gasteiger partial charge on any atom is -0.352 e. The van der Waals surface area contributed by atoms with Crippen molar-refractivity contribution in [3.05, 3.63) is 61.0 Å². The van der Waals surface area contributed by atoms with Crippen molar-refractivity contribution in [1.29, 1.82) is 0 Å². The maximum Gasteiger partial charge on any atom is 0.244 e. The second kappa shape index (κ2) is 13.3. The van der Waals surface area contributed by atoms with E-state index < -0.39 is 28.5 Å². The quantitative estimate of drug-likeness (QED) is 0.313. The van der Waals surface area contributed by atoms with Crippen LogP contribution in [0.5, 0.6) is 0 Å². The van der Waals surface area contributed by atoms with Gasteiger partial charge in [0.2, 0.25) is 21.8 Å². The molecule has 3 rings (SSSR count). The highest BCUT2D eigenvalue weighted by molar-refractivity contribution is 7.92. The van der Waals surface area contributed by atoms with Crippen LogP contribution < -0.4 is 9.62 Å². The number of carbonyl (C=O) groups is 2. The smallest absolute Gasteiger partial charge is 0.244 e. The van der Waals surface area contributed by atoms with E-state index in [0.29, 0.717) is 10.6 Å². The van der Waals surface area contributed by atoms with Gasteiger partial charge in [-0.3, -0.25) is 13.9 Å². The molecule has 0 aromatic heterocycles. The van der Waals surface area contributed by atoms with E-state index in [9.17, 15) is 18.0 Å². The minimum atomic E-state index is -3.99. The highest BCUT2D eigenvalue weighted by Crippen LogP contribution is 2.36. The van der Waals surface area contributed by atoms with E-state index in [1.54, 1.807) is 25.1 Å². The van der Waals surface area contributed by atoms with Crippen LogP contribution in [0, 0.1) is 0 Å². The Hall–Kier alpha value is -1.42. The molecule has 2 aromatic rings. The molecular formula is C25H28Cl5N3O4S. The zero-order valence-electron chi connectivity index (χ0n) is 20.8. The molecule has 2 amide bonds. The molecule has 0 spiro atoms. The molecule has 13 heteroatoms. The summed E-state index contributed by atoms with van der Waals surface area (Å²) >= 11 is 30.6. The first-order valence-electron chi connectivity index (χ1n) is 11.9. The van der Waals surface area contributed by atoms with Gasteiger partial charge in [0.05, 0.1) is 37.1 Å². The number of benzene rings is 2. The summed E-state index contributed by atoms with van der Waals surface area (Å²) in [5.74, 6) is -0.960. The van der Waals surface area contributed by atoms with E-state index in [0.717, 1.165) is 42.7 Å². The third kappa shape index (κ3) is 8.05. The number of nitrogens with one attached hydrogen (secondary N) is 1. The Kier molecular flexibility index (Phi) is 10.9. The number of rotatable bonds is 9. The van der Waals surface area contributed by atoms with Crippen LogP contribution in [0.4, 0.5) is 5.69 Å². The van der Waals surface area contributed by atoms with Gasteiger partial charge in [0, 0.05) is 12.6 Å². The summed E-state index contributed by atoms with van der Waals surface area (Å²) in [7, 11) is -3.99. The molecule has 38 heavy (non-hydrogen) atoms. The van der Waals surface area contributed by atoms with Crippen LogP contribution in [0.3, 0.4) is 0 Å². The van der Waals surface area contributed by atoms with Gasteiger partial charge < -0.3 is 10.2 Å². The highest BCUT2D eigenvalue weighted by atomic mass is 35.5. The molecule has 0 radical (unpaired) electrons. The van der Waals surface area contributed by atoms with Crippen LogP contribution in [-0.2, 0) is 26.2 Å². The van der Waals surface area contributed by atoms with E-state index in [-0.39, 0.29) is 44.3 Å². The van der Waals surface area contributed by atoms with Crippen molar-refractivity contribution in [2.45, 2.75) is 57.7 Å². The maximum absolute atomic E-state index is 13.7. The molecule has 1 fully saturated rings. The van der Waals surface area contributed by atoms with Crippen LogP contribution in [0.25, 0.3) is 0 Å². The predicted octanol–water partition coefficient (Wildman–Crippen LogP) is 6.59. The van der Waals surface area contributed by atoms with E-state index in [2.05, 4.69) is 5.32 Å². The van der Waals surface area contributed by atoms with Gasteiger partial charge >= 0.3 is 0 Å². The molecule has 1 saturated carbocycles. The lowest BCUT2D eigenvalue weighted by atomic mass is 9.95. The Morgan fingerprint density at radius 2 is 1.53 bits per heavy atom. The molecule has 1 unspecified atom stereocenters. The molecule has 0 heterocycles. The van der Waals surface area contributed by atoms with Gasteiger partial charge in [0.1, 0.15) is 12.6 Å². The normalized spacial score (nSPS) is 15.1. The Bertz CT molecular complexity index is 1300. The van der Waals surface area contributed by atoms with Gasteiger partial charge in [-0.1, -0.05) is 83.3 Å². The summed E-state index contributed by atoms with van der Waals surface area (Å²) in [5, 5.41) is 3.86. The predicted molar refractivity (Wildman–Crippen MR) is 155 cm³/mol. The SMILES string of the molecule is CC(C(=O)NC1CCCCC1)N(Cc1ccc(Cl)c(Cl)c1)C(=O)CN(c1cc(Cl)c(Cl)cc1Cl)S(C)(=O)=O. The van der Waals surface area contributed by atoms with Gasteiger partial charge in [0.15, 0.2) is 0 Å². The first kappa shape index (κ1) is 31.1. The van der Waals surface area contributed by atoms with E-state index in [1.807, 2.05) is 0 Å². The first-order valence-corrected chi connectivity index (χ1v) is 15.7. The average Bonchev–Trinajstić information content (AvgIpc) is 2.85. The fourth-order valence-corrected chi connectivity index (χ4v) is 6.15. The van der Waals surface area contributed by atoms with Crippen molar-refractivity contribution in [1.82, 2.24) is 10.2 Å². The standard InChI is InChI=1S/C25H28Cl5N3O4S/c1-15(25(35)31-17-6-4-3-5-7-17)32(13-16-8-9-18(26)19(27)10-16)24(34)14-33(38(2,36)37)23-12-21(29)20(28)11-22(23)30/h8-12,15,17H,3-7,13-14H2,1-2H3,(H,31,35). The summed E-state index contributed by atoms with van der Waals surface area (Å²) in [6, 6.07) is 6.57. The van der Waals surface area contributed by atoms with Crippen molar-refractivity contribution < 1.29 is 18.0 Å². The second-order valence-electron chi connectivity index (χ2n) is 9.28. The van der Waals surface area contributed by atoms with Gasteiger partial charge in [-0.25, -0.2) is 8.42 Å². The van der Waals surface area contributed by atoms with E-state index in [1.165, 1.54) is 17.0 Å². The van der Waals surface area contributed by atoms with E-state index in [4.69, 9.17) is 58.0 Å². The van der Waals surface area contributed by atoms with Crippen molar-refractivity contribution >= 4 is 85.5 Å². The monoisotopic (exact) mass is 641 g/mol. The summed E-state index contributed by atoms with van der Waals surface area (Å²) < 4.78 is 26.3. The lowest BCUT2D eigenvalue weighted by Crippen LogP contribution is -2.53. The largest absolute Gasteiger partial charge is 0.352 e. The van der Waals surface area contributed by atoms with Crippen LogP contribution in [0.1, 0.15) is 44.6 Å². The summed E-state index contributed by atoms with van der Waals surface area (Å²) in [5.41, 5.74) is 0.606. The molecule has 1 N–H and O–H groups in total. The first-order chi connectivity index (χ1) is 17.8. The van der Waals surface area contributed by atoms with E-state index >= 15 is 0 Å². The molecule has 1 aliphatic carbocycles. The van der Waals surface area contributed by atoms with Crippen LogP contribution in [0.2, 0.25) is 25.1 Å². The fourth-order valence-electron chi connectivity index (χ4n) is 4.28. The number of sulfonamides is 1. The summed E-state index contributed by atoms with van der Waals surface area (Å²) in [6.07, 6.45) is 5.87. The molecule has 208 valence electrons. The number of halogens is 5. The average molecular weight is 644 g/mol. The Morgan fingerprint density at radius 3 is 2.13 bits per heavy atom. The van der Waals surface area contributed by atoms with Gasteiger partial charge in [-0.15, -0.1) is 0 Å². The second-order valence-corrected chi connectivity index (χ2v) is 13.2. The van der Waals surface area contributed by atoms with Gasteiger partial charge in [-0.2, -0.15) is 0 Å². The Morgan fingerprint density at radius 1 is 0.921 bits per heavy atom. The Balaban J connectivity index is 1.94. The maximum atomic E-state index is 13.7. The van der Waals surface area contributed by atoms with Crippen LogP contribution >= 0.6 is 58.0 Å². The number of hydrogen-bond donors (Lipinski definition) is 1. The third-order valence-electron chi connectivity index (χ3n) is 6.39. The van der Waals surface area contributed by atoms with Crippen molar-refractivity contribution in [3.63, 3.8) is 0 Å². The summed E-state index contributed by atoms with van der Waals surface area (Å²) in [6.45, 7) is 0.963. The zero-order valence-corrected chi connectivity index (χ0v) is 25.4. The van der Waals surface area contributed by atoms with Crippen LogP contribution in [0.15, 0.2) is 30.3 Å². The lowest BCUT2D eigenvalue weighted by molar-refractivity contribution is -0.139. The lowest BCUT2D eigenvalue weighted by Gasteiger charge is -2.33. The van der Waals surface area contributed by atoms with Crippen LogP contribution in [-0.4, -0.2) is 50.0 Å². The van der Waals surface area contributed by atoms with Gasteiger partial charge in [-0.05, 0) is 49.6 Å². The molecule has 2 aromatic carbocycles. The van der Waals surface area contributed by atoms with Crippen molar-refractivity contribution in [3.8, 4) is 0 Å². The molecule has 7 nitrogen and oxygen atoms in total.